The Labute approximate surface area is 545 Å². The Morgan fingerprint density at radius 2 is 0.882 bits per heavy atom. The first-order valence-electron chi connectivity index (χ1n) is 29.1. The maximum Gasteiger partial charge on any atom is 0.328 e. The Hall–Kier alpha value is -11.1. The van der Waals surface area contributed by atoms with E-state index in [2.05, 4.69) is 29.2 Å². The molecule has 0 atom stereocenters. The lowest BCUT2D eigenvalue weighted by Gasteiger charge is -2.27. The van der Waals surface area contributed by atoms with E-state index in [1.54, 1.807) is 135 Å². The fourth-order valence-electron chi connectivity index (χ4n) is 10.3. The molecule has 93 heavy (non-hydrogen) atoms. The number of thiophene rings is 3. The third-order valence-electron chi connectivity index (χ3n) is 15.2. The molecular weight excluding hydrogens is 1240 g/mol. The Morgan fingerprint density at radius 1 is 0.484 bits per heavy atom. The van der Waals surface area contributed by atoms with Crippen LogP contribution in [-0.2, 0) is 14.4 Å². The van der Waals surface area contributed by atoms with Crippen molar-refractivity contribution in [2.45, 2.75) is 39.0 Å². The zero-order valence-corrected chi connectivity index (χ0v) is 52.5. The van der Waals surface area contributed by atoms with Crippen LogP contribution >= 0.6 is 34.0 Å². The number of aromatic nitrogens is 1. The fourth-order valence-corrected chi connectivity index (χ4v) is 14.0. The smallest absolute Gasteiger partial charge is 0.328 e. The number of halogens is 1. The van der Waals surface area contributed by atoms with Crippen molar-refractivity contribution in [2.75, 3.05) is 7.11 Å². The van der Waals surface area contributed by atoms with Gasteiger partial charge in [-0.1, -0.05) is 79.2 Å². The molecule has 0 bridgehead atoms. The van der Waals surface area contributed by atoms with Gasteiger partial charge in [0.1, 0.15) is 40.3 Å². The summed E-state index contributed by atoms with van der Waals surface area (Å²) in [5.74, 6) is 2.27. The molecule has 1 fully saturated rings. The van der Waals surface area contributed by atoms with E-state index in [1.165, 1.54) is 71.3 Å². The molecule has 8 aromatic carbocycles. The summed E-state index contributed by atoms with van der Waals surface area (Å²) < 4.78 is 41.0. The molecule has 466 valence electrons. The number of benzene rings is 8. The first-order chi connectivity index (χ1) is 44.9. The van der Waals surface area contributed by atoms with Gasteiger partial charge >= 0.3 is 17.9 Å². The third-order valence-corrected chi connectivity index (χ3v) is 18.7. The second kappa shape index (κ2) is 28.4. The predicted octanol–water partition coefficient (Wildman–Crippen LogP) is 19.9. The standard InChI is InChI=1S/C27H22O4S.C24H17FO4S.C24H19NO5S/c28-19-11-14-23-24(16-19)32-27(22-7-2-1-6-21(22)18-4-3-5-18)26(23)31-20-12-8-17(9-13-20)10-15-25(29)30;1-14-18(3-2-4-20(14)25)24-23(19-11-8-16(26)13-21(19)30-24)29-17-9-5-15(6-10-17)7-12-22(27)28;1-14-18(10-11-21(25-14)29-2)24-23(19-9-6-16(26)13-20(19)31-24)30-17-7-3-15(4-8-17)5-12-22(27)28/h1-2,6-16,18,28H,3-5H2,(H,29,30);2-13,26H,1H3,(H,27,28);3-13,26H,1-2H3,(H,27,28)/b15-10+;12-7+;12-5+. The monoisotopic (exact) mass is 1300 g/mol. The molecule has 0 aliphatic heterocycles. The molecule has 12 aromatic rings. The average molecular weight is 1300 g/mol. The van der Waals surface area contributed by atoms with Crippen LogP contribution in [0.1, 0.15) is 58.7 Å². The molecule has 18 heteroatoms. The molecule has 1 aliphatic rings. The highest BCUT2D eigenvalue weighted by atomic mass is 32.1. The van der Waals surface area contributed by atoms with Crippen molar-refractivity contribution in [1.82, 2.24) is 4.98 Å². The van der Waals surface area contributed by atoms with E-state index in [9.17, 15) is 34.1 Å². The molecule has 0 spiro atoms. The van der Waals surface area contributed by atoms with E-state index in [0.29, 0.717) is 46.1 Å². The molecule has 0 radical (unpaired) electrons. The number of fused-ring (bicyclic) bond motifs is 3. The minimum Gasteiger partial charge on any atom is -0.508 e. The number of carbonyl (C=O) groups is 3. The van der Waals surface area contributed by atoms with Gasteiger partial charge in [0.25, 0.3) is 0 Å². The van der Waals surface area contributed by atoms with Gasteiger partial charge in [-0.2, -0.15) is 0 Å². The van der Waals surface area contributed by atoms with Crippen molar-refractivity contribution in [2.24, 2.45) is 0 Å². The maximum atomic E-state index is 14.2. The molecule has 13 rings (SSSR count). The minimum absolute atomic E-state index is 0.146. The molecule has 1 aliphatic carbocycles. The van der Waals surface area contributed by atoms with Crippen LogP contribution in [-0.4, -0.2) is 60.6 Å². The molecule has 0 amide bonds. The van der Waals surface area contributed by atoms with Gasteiger partial charge in [-0.3, -0.25) is 0 Å². The summed E-state index contributed by atoms with van der Waals surface area (Å²) in [6, 6.07) is 54.2. The number of nitrogens with zero attached hydrogens (tertiary/aromatic N) is 1. The van der Waals surface area contributed by atoms with Crippen LogP contribution in [0.15, 0.2) is 200 Å². The highest BCUT2D eigenvalue weighted by Gasteiger charge is 2.27. The average Bonchev–Trinajstić information content (AvgIpc) is 1.65. The van der Waals surface area contributed by atoms with Crippen molar-refractivity contribution < 1.29 is 68.4 Å². The van der Waals surface area contributed by atoms with E-state index >= 15 is 0 Å². The highest BCUT2D eigenvalue weighted by molar-refractivity contribution is 7.23. The van der Waals surface area contributed by atoms with Crippen LogP contribution in [0.5, 0.6) is 57.6 Å². The van der Waals surface area contributed by atoms with Gasteiger partial charge in [0, 0.05) is 65.7 Å². The Bertz CT molecular complexity index is 4850. The zero-order valence-electron chi connectivity index (χ0n) is 50.1. The first-order valence-corrected chi connectivity index (χ1v) is 31.6. The lowest BCUT2D eigenvalue weighted by atomic mass is 9.78. The van der Waals surface area contributed by atoms with Crippen LogP contribution in [0.3, 0.4) is 0 Å². The topological polar surface area (TPSA) is 222 Å². The number of ether oxygens (including phenoxy) is 4. The van der Waals surface area contributed by atoms with Crippen LogP contribution in [0.4, 0.5) is 4.39 Å². The molecule has 0 unspecified atom stereocenters. The van der Waals surface area contributed by atoms with E-state index in [-0.39, 0.29) is 23.1 Å². The summed E-state index contributed by atoms with van der Waals surface area (Å²) in [5, 5.41) is 58.8. The summed E-state index contributed by atoms with van der Waals surface area (Å²) in [6.07, 6.45) is 11.5. The summed E-state index contributed by atoms with van der Waals surface area (Å²) in [4.78, 5) is 39.3. The lowest BCUT2D eigenvalue weighted by molar-refractivity contribution is -0.132. The molecule has 6 N–H and O–H groups in total. The third kappa shape index (κ3) is 15.1. The summed E-state index contributed by atoms with van der Waals surface area (Å²) in [5.41, 5.74) is 7.78. The largest absolute Gasteiger partial charge is 0.508 e. The van der Waals surface area contributed by atoms with Gasteiger partial charge in [0.15, 0.2) is 17.2 Å². The highest BCUT2D eigenvalue weighted by Crippen LogP contribution is 2.53. The Kier molecular flexibility index (Phi) is 19.4. The normalized spacial score (nSPS) is 12.2. The van der Waals surface area contributed by atoms with Gasteiger partial charge in [-0.05, 0) is 187 Å². The van der Waals surface area contributed by atoms with Gasteiger partial charge in [-0.15, -0.1) is 34.0 Å². The van der Waals surface area contributed by atoms with Gasteiger partial charge in [0.2, 0.25) is 5.88 Å². The number of carboxylic acid groups (broad SMARTS) is 3. The van der Waals surface area contributed by atoms with Gasteiger partial charge in [-0.25, -0.2) is 23.8 Å². The van der Waals surface area contributed by atoms with Crippen molar-refractivity contribution in [3.8, 4) is 88.9 Å². The van der Waals surface area contributed by atoms with E-state index < -0.39 is 17.9 Å². The quantitative estimate of drug-likeness (QED) is 0.0467. The number of aromatic hydroxyl groups is 3. The maximum absolute atomic E-state index is 14.2. The minimum atomic E-state index is -1.02. The number of rotatable bonds is 17. The number of hydrogen-bond donors (Lipinski definition) is 6. The first kappa shape index (κ1) is 63.5. The number of phenols is 3. The second-order valence-electron chi connectivity index (χ2n) is 21.5. The van der Waals surface area contributed by atoms with E-state index in [1.807, 2.05) is 55.5 Å². The summed E-state index contributed by atoms with van der Waals surface area (Å²) in [7, 11) is 1.58. The van der Waals surface area contributed by atoms with Crippen molar-refractivity contribution >= 4 is 100 Å². The molecule has 4 aromatic heterocycles. The molecular formula is C75H58FNO13S3. The van der Waals surface area contributed by atoms with E-state index in [0.717, 1.165) is 102 Å². The molecule has 1 saturated carbocycles. The summed E-state index contributed by atoms with van der Waals surface area (Å²) in [6.45, 7) is 3.63. The second-order valence-corrected chi connectivity index (χ2v) is 24.6. The number of methoxy groups -OCH3 is 1. The number of aliphatic carboxylic acids is 3. The number of carboxylic acids is 3. The SMILES string of the molecule is COc1ccc(-c2sc3cc(O)ccc3c2Oc2ccc(/C=C/C(=O)O)cc2)c(C)n1.Cc1c(F)cccc1-c1sc2cc(O)ccc2c1Oc1ccc(/C=C/C(=O)O)cc1.O=C(O)/C=C/c1ccc(Oc2c(-c3ccccc3C3CCC3)sc3cc(O)ccc23)cc1. The van der Waals surface area contributed by atoms with Gasteiger partial charge in [0.05, 0.1) is 27.4 Å². The van der Waals surface area contributed by atoms with E-state index in [4.69, 9.17) is 34.3 Å². The molecule has 14 nitrogen and oxygen atoms in total. The van der Waals surface area contributed by atoms with Crippen LogP contribution < -0.4 is 18.9 Å². The van der Waals surface area contributed by atoms with Crippen molar-refractivity contribution in [3.63, 3.8) is 0 Å². The Balaban J connectivity index is 0.000000143. The summed E-state index contributed by atoms with van der Waals surface area (Å²) >= 11 is 4.56. The van der Waals surface area contributed by atoms with Crippen LogP contribution in [0, 0.1) is 19.7 Å². The van der Waals surface area contributed by atoms with Crippen LogP contribution in [0.2, 0.25) is 0 Å². The van der Waals surface area contributed by atoms with Crippen LogP contribution in [0.25, 0.3) is 79.8 Å². The number of phenolic OH excluding ortho intramolecular Hbond substituents is 3. The van der Waals surface area contributed by atoms with Crippen molar-refractivity contribution in [1.29, 1.82) is 0 Å². The molecule has 0 saturated heterocycles. The number of pyridine rings is 1. The number of aryl methyl sites for hydroxylation is 1. The lowest BCUT2D eigenvalue weighted by Crippen LogP contribution is -2.09. The zero-order chi connectivity index (χ0) is 65.3. The van der Waals surface area contributed by atoms with Crippen molar-refractivity contribution in [3.05, 3.63) is 240 Å². The Morgan fingerprint density at radius 3 is 1.27 bits per heavy atom. The predicted molar refractivity (Wildman–Crippen MR) is 367 cm³/mol. The fraction of sp³-hybridized carbons (Fsp3) is 0.0933. The van der Waals surface area contributed by atoms with Gasteiger partial charge < -0.3 is 49.6 Å². The number of hydrogen-bond acceptors (Lipinski definition) is 14. The molecule has 4 heterocycles.